The molecule has 3 nitrogen and oxygen atoms in total. The molecule has 0 aliphatic carbocycles. The predicted molar refractivity (Wildman–Crippen MR) is 36.8 cm³/mol. The molecule has 0 aliphatic rings. The van der Waals surface area contributed by atoms with Gasteiger partial charge in [0.05, 0.1) is 6.07 Å². The van der Waals surface area contributed by atoms with Gasteiger partial charge in [0.25, 0.3) is 0 Å². The molecule has 1 unspecified atom stereocenters. The highest BCUT2D eigenvalue weighted by Gasteiger charge is 2.17. The van der Waals surface area contributed by atoms with Crippen LogP contribution in [-0.2, 0) is 0 Å². The Labute approximate surface area is 56.1 Å². The molecule has 0 bridgehead atoms. The van der Waals surface area contributed by atoms with Gasteiger partial charge in [-0.2, -0.15) is 5.26 Å². The molecule has 0 rings (SSSR count). The molecule has 0 aromatic heterocycles. The molecule has 2 N–H and O–H groups in total. The number of nitrogens with two attached hydrogens (primary N) is 1. The molecule has 0 radical (unpaired) electrons. The van der Waals surface area contributed by atoms with Crippen molar-refractivity contribution in [1.29, 1.82) is 5.26 Å². The maximum Gasteiger partial charge on any atom is 0.114 e. The maximum absolute atomic E-state index is 8.44. The van der Waals surface area contributed by atoms with E-state index in [0.29, 0.717) is 6.54 Å². The number of hydrogen-bond acceptors (Lipinski definition) is 3. The minimum absolute atomic E-state index is 0.601. The quantitative estimate of drug-likeness (QED) is 0.558. The molecule has 3 heteroatoms. The summed E-state index contributed by atoms with van der Waals surface area (Å²) in [7, 11) is 3.78. The van der Waals surface area contributed by atoms with E-state index in [4.69, 9.17) is 11.0 Å². The van der Waals surface area contributed by atoms with Crippen molar-refractivity contribution in [3.05, 3.63) is 0 Å². The summed E-state index contributed by atoms with van der Waals surface area (Å²) in [6.45, 7) is 2.32. The van der Waals surface area contributed by atoms with E-state index in [9.17, 15) is 0 Å². The number of hydrogen-bond donors (Lipinski definition) is 1. The van der Waals surface area contributed by atoms with Crippen molar-refractivity contribution in [3.8, 4) is 6.07 Å². The Morgan fingerprint density at radius 1 is 1.67 bits per heavy atom. The molecule has 0 aliphatic heterocycles. The number of nitrogens with zero attached hydrogens (tertiary/aromatic N) is 2. The summed E-state index contributed by atoms with van der Waals surface area (Å²) in [5, 5.41) is 8.44. The van der Waals surface area contributed by atoms with Gasteiger partial charge in [0, 0.05) is 6.54 Å². The third-order valence-electron chi connectivity index (χ3n) is 0.900. The molecule has 0 aromatic carbocycles. The average Bonchev–Trinajstić information content (AvgIpc) is 1.63. The Kier molecular flexibility index (Phi) is 2.63. The number of nitriles is 1. The van der Waals surface area contributed by atoms with Gasteiger partial charge in [-0.1, -0.05) is 0 Å². The number of likely N-dealkylation sites (N-methyl/N-ethyl adjacent to an activating group) is 1. The molecule has 9 heavy (non-hydrogen) atoms. The molecule has 0 spiro atoms. The minimum atomic E-state index is -0.705. The van der Waals surface area contributed by atoms with Crippen LogP contribution < -0.4 is 5.73 Å². The topological polar surface area (TPSA) is 53.0 Å². The summed E-state index contributed by atoms with van der Waals surface area (Å²) in [5.41, 5.74) is 4.81. The second-order valence-electron chi connectivity index (χ2n) is 2.77. The van der Waals surface area contributed by atoms with Gasteiger partial charge in [-0.05, 0) is 21.0 Å². The fraction of sp³-hybridized carbons (Fsp3) is 0.833. The van der Waals surface area contributed by atoms with Crippen molar-refractivity contribution in [3.63, 3.8) is 0 Å². The third kappa shape index (κ3) is 3.95. The van der Waals surface area contributed by atoms with Crippen LogP contribution in [0.5, 0.6) is 0 Å². The lowest BCUT2D eigenvalue weighted by molar-refractivity contribution is 0.344. The van der Waals surface area contributed by atoms with E-state index in [0.717, 1.165) is 0 Å². The van der Waals surface area contributed by atoms with Crippen LogP contribution in [0.1, 0.15) is 6.92 Å². The summed E-state index contributed by atoms with van der Waals surface area (Å²) in [6.07, 6.45) is 0. The molecule has 1 atom stereocenters. The van der Waals surface area contributed by atoms with E-state index in [2.05, 4.69) is 0 Å². The van der Waals surface area contributed by atoms with Crippen LogP contribution in [0.3, 0.4) is 0 Å². The molecule has 0 aromatic rings. The van der Waals surface area contributed by atoms with Crippen molar-refractivity contribution in [2.45, 2.75) is 12.5 Å². The zero-order valence-corrected chi connectivity index (χ0v) is 6.18. The van der Waals surface area contributed by atoms with Crippen molar-refractivity contribution in [1.82, 2.24) is 4.90 Å². The van der Waals surface area contributed by atoms with Crippen LogP contribution in [0.2, 0.25) is 0 Å². The molecule has 0 saturated heterocycles. The SMILES string of the molecule is CN(C)CC(C)(N)C#N. The van der Waals surface area contributed by atoms with Crippen LogP contribution in [0.4, 0.5) is 0 Å². The molecule has 52 valence electrons. The van der Waals surface area contributed by atoms with Crippen LogP contribution in [-0.4, -0.2) is 31.1 Å². The summed E-state index contributed by atoms with van der Waals surface area (Å²) in [4.78, 5) is 1.89. The summed E-state index contributed by atoms with van der Waals surface area (Å²) in [6, 6.07) is 2.01. The second kappa shape index (κ2) is 2.81. The van der Waals surface area contributed by atoms with Gasteiger partial charge in [0.15, 0.2) is 0 Å². The van der Waals surface area contributed by atoms with Gasteiger partial charge in [0.1, 0.15) is 5.54 Å². The second-order valence-corrected chi connectivity index (χ2v) is 2.77. The third-order valence-corrected chi connectivity index (χ3v) is 0.900. The summed E-state index contributed by atoms with van der Waals surface area (Å²) >= 11 is 0. The van der Waals surface area contributed by atoms with Crippen LogP contribution in [0.15, 0.2) is 0 Å². The van der Waals surface area contributed by atoms with Crippen molar-refractivity contribution >= 4 is 0 Å². The largest absolute Gasteiger partial charge is 0.313 e. The molecular formula is C6H13N3. The van der Waals surface area contributed by atoms with E-state index in [-0.39, 0.29) is 0 Å². The van der Waals surface area contributed by atoms with Gasteiger partial charge in [-0.3, -0.25) is 0 Å². The monoisotopic (exact) mass is 127 g/mol. The molecule has 0 heterocycles. The van der Waals surface area contributed by atoms with E-state index < -0.39 is 5.54 Å². The predicted octanol–water partition coefficient (Wildman–Crippen LogP) is -0.211. The average molecular weight is 127 g/mol. The van der Waals surface area contributed by atoms with Crippen LogP contribution in [0, 0.1) is 11.3 Å². The highest BCUT2D eigenvalue weighted by Crippen LogP contribution is 1.96. The molecular weight excluding hydrogens is 114 g/mol. The molecule has 0 amide bonds. The van der Waals surface area contributed by atoms with E-state index in [1.165, 1.54) is 0 Å². The van der Waals surface area contributed by atoms with Gasteiger partial charge >= 0.3 is 0 Å². The van der Waals surface area contributed by atoms with E-state index >= 15 is 0 Å². The van der Waals surface area contributed by atoms with Crippen molar-refractivity contribution in [2.75, 3.05) is 20.6 Å². The highest BCUT2D eigenvalue weighted by molar-refractivity contribution is 5.02. The Hall–Kier alpha value is -0.590. The summed E-state index contributed by atoms with van der Waals surface area (Å²) in [5.74, 6) is 0. The first-order chi connectivity index (χ1) is 3.98. The smallest absolute Gasteiger partial charge is 0.114 e. The fourth-order valence-electron chi connectivity index (χ4n) is 0.692. The normalized spacial score (nSPS) is 16.9. The molecule has 0 fully saturated rings. The van der Waals surface area contributed by atoms with Crippen molar-refractivity contribution < 1.29 is 0 Å². The Balaban J connectivity index is 3.76. The first-order valence-electron chi connectivity index (χ1n) is 2.83. The Morgan fingerprint density at radius 3 is 2.22 bits per heavy atom. The first kappa shape index (κ1) is 8.41. The molecule has 0 saturated carbocycles. The Morgan fingerprint density at radius 2 is 2.11 bits per heavy atom. The lowest BCUT2D eigenvalue weighted by Crippen LogP contribution is -2.44. The van der Waals surface area contributed by atoms with Gasteiger partial charge in [-0.25, -0.2) is 0 Å². The van der Waals surface area contributed by atoms with Crippen LogP contribution in [0.25, 0.3) is 0 Å². The van der Waals surface area contributed by atoms with Gasteiger partial charge in [-0.15, -0.1) is 0 Å². The zero-order chi connectivity index (χ0) is 7.49. The lowest BCUT2D eigenvalue weighted by Gasteiger charge is -2.19. The lowest BCUT2D eigenvalue weighted by atomic mass is 10.1. The minimum Gasteiger partial charge on any atom is -0.313 e. The van der Waals surface area contributed by atoms with E-state index in [1.807, 2.05) is 25.1 Å². The van der Waals surface area contributed by atoms with Gasteiger partial charge in [0.2, 0.25) is 0 Å². The van der Waals surface area contributed by atoms with Crippen LogP contribution >= 0.6 is 0 Å². The zero-order valence-electron chi connectivity index (χ0n) is 6.18. The van der Waals surface area contributed by atoms with E-state index in [1.54, 1.807) is 6.92 Å². The maximum atomic E-state index is 8.44. The van der Waals surface area contributed by atoms with Crippen molar-refractivity contribution in [2.24, 2.45) is 5.73 Å². The Bertz CT molecular complexity index is 121. The fourth-order valence-corrected chi connectivity index (χ4v) is 0.692. The summed E-state index contributed by atoms with van der Waals surface area (Å²) < 4.78 is 0. The number of rotatable bonds is 2. The highest BCUT2D eigenvalue weighted by atomic mass is 15.1. The standard InChI is InChI=1S/C6H13N3/c1-6(8,4-7)5-9(2)3/h5,8H2,1-3H3. The first-order valence-corrected chi connectivity index (χ1v) is 2.83. The van der Waals surface area contributed by atoms with Gasteiger partial charge < -0.3 is 10.6 Å².